The molecule has 2 aliphatic carbocycles. The van der Waals surface area contributed by atoms with Gasteiger partial charge < -0.3 is 4.52 Å². The standard InChI is InChI=1S/C11H14N2O2/c14-9(7-4-5-7)6-10-12-11(13-15-10)8-2-1-3-8/h7-8H,1-6H2. The van der Waals surface area contributed by atoms with Crippen molar-refractivity contribution in [2.24, 2.45) is 5.92 Å². The number of carbonyl (C=O) groups is 1. The SMILES string of the molecule is O=C(Cc1nc(C2CCC2)no1)C1CC1. The molecule has 0 atom stereocenters. The summed E-state index contributed by atoms with van der Waals surface area (Å²) >= 11 is 0. The van der Waals surface area contributed by atoms with Crippen LogP contribution >= 0.6 is 0 Å². The summed E-state index contributed by atoms with van der Waals surface area (Å²) in [5, 5.41) is 3.93. The van der Waals surface area contributed by atoms with Gasteiger partial charge in [0.25, 0.3) is 0 Å². The number of ketones is 1. The Morgan fingerprint density at radius 1 is 1.33 bits per heavy atom. The fourth-order valence-corrected chi connectivity index (χ4v) is 1.87. The van der Waals surface area contributed by atoms with Crippen molar-refractivity contribution in [3.8, 4) is 0 Å². The molecule has 0 aromatic carbocycles. The first-order valence-electron chi connectivity index (χ1n) is 5.68. The average molecular weight is 206 g/mol. The zero-order valence-electron chi connectivity index (χ0n) is 8.61. The number of aromatic nitrogens is 2. The van der Waals surface area contributed by atoms with Crippen LogP contribution in [0.2, 0.25) is 0 Å². The van der Waals surface area contributed by atoms with E-state index in [0.717, 1.165) is 31.5 Å². The molecule has 80 valence electrons. The van der Waals surface area contributed by atoms with Crippen LogP contribution in [0.1, 0.15) is 49.7 Å². The lowest BCUT2D eigenvalue weighted by Gasteiger charge is -2.20. The van der Waals surface area contributed by atoms with Crippen molar-refractivity contribution in [2.75, 3.05) is 0 Å². The highest BCUT2D eigenvalue weighted by Gasteiger charge is 2.31. The zero-order chi connectivity index (χ0) is 10.3. The first-order valence-corrected chi connectivity index (χ1v) is 5.68. The Hall–Kier alpha value is -1.19. The van der Waals surface area contributed by atoms with Crippen molar-refractivity contribution in [2.45, 2.75) is 44.4 Å². The minimum Gasteiger partial charge on any atom is -0.339 e. The second-order valence-corrected chi connectivity index (χ2v) is 4.59. The van der Waals surface area contributed by atoms with Crippen molar-refractivity contribution in [1.29, 1.82) is 0 Å². The van der Waals surface area contributed by atoms with Gasteiger partial charge in [-0.1, -0.05) is 11.6 Å². The maximum Gasteiger partial charge on any atom is 0.234 e. The van der Waals surface area contributed by atoms with Crippen LogP contribution in [-0.4, -0.2) is 15.9 Å². The molecule has 0 aliphatic heterocycles. The Bertz CT molecular complexity index is 378. The Morgan fingerprint density at radius 2 is 2.13 bits per heavy atom. The van der Waals surface area contributed by atoms with Gasteiger partial charge >= 0.3 is 0 Å². The third-order valence-corrected chi connectivity index (χ3v) is 3.31. The average Bonchev–Trinajstić information content (AvgIpc) is 2.88. The predicted octanol–water partition coefficient (Wildman–Crippen LogP) is 1.86. The van der Waals surface area contributed by atoms with Gasteiger partial charge in [-0.25, -0.2) is 0 Å². The lowest BCUT2D eigenvalue weighted by molar-refractivity contribution is -0.119. The van der Waals surface area contributed by atoms with Crippen LogP contribution in [0.3, 0.4) is 0 Å². The van der Waals surface area contributed by atoms with Crippen molar-refractivity contribution < 1.29 is 9.32 Å². The molecule has 4 nitrogen and oxygen atoms in total. The first kappa shape index (κ1) is 9.07. The molecular weight excluding hydrogens is 192 g/mol. The fraction of sp³-hybridized carbons (Fsp3) is 0.727. The van der Waals surface area contributed by atoms with Crippen LogP contribution in [0, 0.1) is 5.92 Å². The molecule has 4 heteroatoms. The van der Waals surface area contributed by atoms with E-state index < -0.39 is 0 Å². The minimum absolute atomic E-state index is 0.263. The van der Waals surface area contributed by atoms with Gasteiger partial charge in [0.1, 0.15) is 5.78 Å². The smallest absolute Gasteiger partial charge is 0.234 e. The molecule has 0 unspecified atom stereocenters. The van der Waals surface area contributed by atoms with E-state index >= 15 is 0 Å². The van der Waals surface area contributed by atoms with Crippen LogP contribution in [0.4, 0.5) is 0 Å². The second-order valence-electron chi connectivity index (χ2n) is 4.59. The van der Waals surface area contributed by atoms with Gasteiger partial charge in [0.15, 0.2) is 5.82 Å². The highest BCUT2D eigenvalue weighted by molar-refractivity contribution is 5.84. The van der Waals surface area contributed by atoms with Gasteiger partial charge in [0.2, 0.25) is 5.89 Å². The number of carbonyl (C=O) groups excluding carboxylic acids is 1. The highest BCUT2D eigenvalue weighted by atomic mass is 16.5. The van der Waals surface area contributed by atoms with Crippen molar-refractivity contribution in [1.82, 2.24) is 10.1 Å². The maximum absolute atomic E-state index is 11.5. The van der Waals surface area contributed by atoms with Gasteiger partial charge in [0, 0.05) is 11.8 Å². The molecular formula is C11H14N2O2. The molecule has 0 radical (unpaired) electrons. The summed E-state index contributed by atoms with van der Waals surface area (Å²) in [5.74, 6) is 2.34. The van der Waals surface area contributed by atoms with E-state index in [4.69, 9.17) is 4.52 Å². The Kier molecular flexibility index (Phi) is 2.08. The van der Waals surface area contributed by atoms with Crippen LogP contribution in [-0.2, 0) is 11.2 Å². The van der Waals surface area contributed by atoms with E-state index in [-0.39, 0.29) is 11.7 Å². The lowest BCUT2D eigenvalue weighted by Crippen LogP contribution is -2.11. The Balaban J connectivity index is 1.64. The van der Waals surface area contributed by atoms with E-state index in [0.29, 0.717) is 18.2 Å². The van der Waals surface area contributed by atoms with E-state index in [9.17, 15) is 4.79 Å². The number of rotatable bonds is 4. The van der Waals surface area contributed by atoms with Gasteiger partial charge in [-0.15, -0.1) is 0 Å². The molecule has 0 N–H and O–H groups in total. The van der Waals surface area contributed by atoms with Crippen LogP contribution in [0.15, 0.2) is 4.52 Å². The van der Waals surface area contributed by atoms with E-state index in [1.807, 2.05) is 0 Å². The topological polar surface area (TPSA) is 56.0 Å². The number of hydrogen-bond acceptors (Lipinski definition) is 4. The Labute approximate surface area is 88.1 Å². The van der Waals surface area contributed by atoms with Gasteiger partial charge in [-0.2, -0.15) is 4.98 Å². The summed E-state index contributed by atoms with van der Waals surface area (Å²) in [6.07, 6.45) is 6.01. The molecule has 3 rings (SSSR count). The summed E-state index contributed by atoms with van der Waals surface area (Å²) in [6, 6.07) is 0. The summed E-state index contributed by atoms with van der Waals surface area (Å²) < 4.78 is 5.09. The molecule has 0 spiro atoms. The van der Waals surface area contributed by atoms with Crippen molar-refractivity contribution >= 4 is 5.78 Å². The quantitative estimate of drug-likeness (QED) is 0.754. The van der Waals surface area contributed by atoms with E-state index in [1.165, 1.54) is 6.42 Å². The summed E-state index contributed by atoms with van der Waals surface area (Å²) in [7, 11) is 0. The molecule has 2 fully saturated rings. The van der Waals surface area contributed by atoms with Crippen molar-refractivity contribution in [3.05, 3.63) is 11.7 Å². The number of Topliss-reactive ketones (excluding diaryl/α,β-unsaturated/α-hetero) is 1. The second kappa shape index (κ2) is 3.43. The molecule has 0 bridgehead atoms. The summed E-state index contributed by atoms with van der Waals surface area (Å²) in [4.78, 5) is 15.8. The fourth-order valence-electron chi connectivity index (χ4n) is 1.87. The van der Waals surface area contributed by atoms with Crippen LogP contribution in [0.25, 0.3) is 0 Å². The number of hydrogen-bond donors (Lipinski definition) is 0. The lowest BCUT2D eigenvalue weighted by atomic mass is 9.85. The third kappa shape index (κ3) is 1.80. The molecule has 1 aromatic heterocycles. The van der Waals surface area contributed by atoms with E-state index in [1.54, 1.807) is 0 Å². The normalized spacial score (nSPS) is 21.3. The molecule has 1 heterocycles. The predicted molar refractivity (Wildman–Crippen MR) is 52.3 cm³/mol. The van der Waals surface area contributed by atoms with Gasteiger partial charge in [0.05, 0.1) is 6.42 Å². The molecule has 2 aliphatic rings. The van der Waals surface area contributed by atoms with Gasteiger partial charge in [-0.05, 0) is 25.7 Å². The Morgan fingerprint density at radius 3 is 2.73 bits per heavy atom. The largest absolute Gasteiger partial charge is 0.339 e. The van der Waals surface area contributed by atoms with Crippen LogP contribution < -0.4 is 0 Å². The van der Waals surface area contributed by atoms with E-state index in [2.05, 4.69) is 10.1 Å². The minimum atomic E-state index is 0.263. The first-order chi connectivity index (χ1) is 7.33. The molecule has 1 aromatic rings. The highest BCUT2D eigenvalue weighted by Crippen LogP contribution is 2.35. The van der Waals surface area contributed by atoms with Crippen LogP contribution in [0.5, 0.6) is 0 Å². The van der Waals surface area contributed by atoms with Crippen molar-refractivity contribution in [3.63, 3.8) is 0 Å². The van der Waals surface area contributed by atoms with Gasteiger partial charge in [-0.3, -0.25) is 4.79 Å². The zero-order valence-corrected chi connectivity index (χ0v) is 8.61. The maximum atomic E-state index is 11.5. The summed E-state index contributed by atoms with van der Waals surface area (Å²) in [5.41, 5.74) is 0. The summed E-state index contributed by atoms with van der Waals surface area (Å²) in [6.45, 7) is 0. The molecule has 0 amide bonds. The molecule has 2 saturated carbocycles. The number of nitrogens with zero attached hydrogens (tertiary/aromatic N) is 2. The molecule has 0 saturated heterocycles. The molecule has 15 heavy (non-hydrogen) atoms. The monoisotopic (exact) mass is 206 g/mol. The third-order valence-electron chi connectivity index (χ3n) is 3.31.